The molecule has 2 aromatic rings. The molecule has 0 heterocycles. The highest BCUT2D eigenvalue weighted by Gasteiger charge is 2.28. The summed E-state index contributed by atoms with van der Waals surface area (Å²) in [5.74, 6) is 1.37. The third kappa shape index (κ3) is 7.71. The quantitative estimate of drug-likeness (QED) is 0.331. The maximum absolute atomic E-state index is 12.2. The minimum absolute atomic E-state index is 0. The van der Waals surface area contributed by atoms with E-state index in [2.05, 4.69) is 10.3 Å². The maximum Gasteiger partial charge on any atom is 0.422 e. The van der Waals surface area contributed by atoms with E-state index in [1.807, 2.05) is 0 Å². The van der Waals surface area contributed by atoms with Crippen molar-refractivity contribution in [3.63, 3.8) is 0 Å². The highest BCUT2D eigenvalue weighted by molar-refractivity contribution is 14.0. The maximum atomic E-state index is 12.2. The molecule has 28 heavy (non-hydrogen) atoms. The second kappa shape index (κ2) is 10.8. The molecule has 2 aromatic carbocycles. The third-order valence-electron chi connectivity index (χ3n) is 3.39. The fourth-order valence-electron chi connectivity index (χ4n) is 2.18. The molecule has 0 amide bonds. The topological polar surface area (TPSA) is 78.1 Å². The van der Waals surface area contributed by atoms with Gasteiger partial charge in [-0.25, -0.2) is 4.99 Å². The number of benzene rings is 2. The molecule has 0 fully saturated rings. The standard InChI is InChI=1S/C18H20F3N3O3.HI/c1-25-15-7-6-13(9-16(15)26-2)24-17(22)23-10-12-4-3-5-14(8-12)27-11-18(19,20)21;/h3-9H,10-11H2,1-2H3,(H3,22,23,24);1H. The molecular weight excluding hydrogens is 490 g/mol. The molecule has 0 unspecified atom stereocenters. The number of rotatable bonds is 7. The van der Waals surface area contributed by atoms with Gasteiger partial charge in [0.25, 0.3) is 0 Å². The van der Waals surface area contributed by atoms with E-state index in [0.29, 0.717) is 22.7 Å². The van der Waals surface area contributed by atoms with E-state index < -0.39 is 12.8 Å². The third-order valence-corrected chi connectivity index (χ3v) is 3.39. The van der Waals surface area contributed by atoms with Crippen molar-refractivity contribution in [3.05, 3.63) is 48.0 Å². The van der Waals surface area contributed by atoms with E-state index in [1.54, 1.807) is 30.3 Å². The molecule has 6 nitrogen and oxygen atoms in total. The fraction of sp³-hybridized carbons (Fsp3) is 0.278. The number of nitrogens with one attached hydrogen (secondary N) is 1. The largest absolute Gasteiger partial charge is 0.493 e. The summed E-state index contributed by atoms with van der Waals surface area (Å²) >= 11 is 0. The van der Waals surface area contributed by atoms with E-state index >= 15 is 0 Å². The molecule has 2 rings (SSSR count). The Kier molecular flexibility index (Phi) is 9.16. The zero-order valence-electron chi connectivity index (χ0n) is 15.2. The lowest BCUT2D eigenvalue weighted by Crippen LogP contribution is -2.22. The Morgan fingerprint density at radius 1 is 1.07 bits per heavy atom. The summed E-state index contributed by atoms with van der Waals surface area (Å²) in [6.45, 7) is -1.17. The van der Waals surface area contributed by atoms with Crippen LogP contribution in [0.25, 0.3) is 0 Å². The van der Waals surface area contributed by atoms with Crippen LogP contribution in [0.1, 0.15) is 5.56 Å². The first-order chi connectivity index (χ1) is 12.8. The van der Waals surface area contributed by atoms with Gasteiger partial charge in [-0.3, -0.25) is 0 Å². The minimum Gasteiger partial charge on any atom is -0.493 e. The van der Waals surface area contributed by atoms with Crippen LogP contribution >= 0.6 is 24.0 Å². The number of aliphatic imine (C=N–C) groups is 1. The van der Waals surface area contributed by atoms with Crippen molar-refractivity contribution in [2.75, 3.05) is 26.1 Å². The number of nitrogens with two attached hydrogens (primary N) is 1. The SMILES string of the molecule is COc1ccc(NC(N)=NCc2cccc(OCC(F)(F)F)c2)cc1OC.I. The van der Waals surface area contributed by atoms with Gasteiger partial charge in [-0.05, 0) is 29.8 Å². The molecule has 0 radical (unpaired) electrons. The number of anilines is 1. The molecule has 0 aromatic heterocycles. The molecule has 0 saturated carbocycles. The van der Waals surface area contributed by atoms with Crippen LogP contribution in [0.2, 0.25) is 0 Å². The number of methoxy groups -OCH3 is 2. The smallest absolute Gasteiger partial charge is 0.422 e. The number of hydrogen-bond donors (Lipinski definition) is 2. The van der Waals surface area contributed by atoms with Crippen LogP contribution in [0.4, 0.5) is 18.9 Å². The van der Waals surface area contributed by atoms with Crippen LogP contribution < -0.4 is 25.3 Å². The van der Waals surface area contributed by atoms with Crippen LogP contribution in [0, 0.1) is 0 Å². The number of nitrogens with zero attached hydrogens (tertiary/aromatic N) is 1. The predicted octanol–water partition coefficient (Wildman–Crippen LogP) is 4.19. The summed E-state index contributed by atoms with van der Waals surface area (Å²) in [5.41, 5.74) is 7.16. The lowest BCUT2D eigenvalue weighted by atomic mass is 10.2. The first-order valence-electron chi connectivity index (χ1n) is 7.88. The first-order valence-corrected chi connectivity index (χ1v) is 7.88. The summed E-state index contributed by atoms with van der Waals surface area (Å²) in [6.07, 6.45) is -4.39. The highest BCUT2D eigenvalue weighted by Crippen LogP contribution is 2.29. The van der Waals surface area contributed by atoms with Crippen LogP contribution in [0.3, 0.4) is 0 Å². The Morgan fingerprint density at radius 3 is 2.43 bits per heavy atom. The van der Waals surface area contributed by atoms with E-state index in [-0.39, 0.29) is 42.2 Å². The molecule has 154 valence electrons. The average Bonchev–Trinajstić information content (AvgIpc) is 2.64. The van der Waals surface area contributed by atoms with Gasteiger partial charge >= 0.3 is 6.18 Å². The van der Waals surface area contributed by atoms with Gasteiger partial charge in [0.1, 0.15) is 5.75 Å². The Balaban J connectivity index is 0.00000392. The van der Waals surface area contributed by atoms with Crippen molar-refractivity contribution in [1.82, 2.24) is 0 Å². The predicted molar refractivity (Wildman–Crippen MR) is 112 cm³/mol. The summed E-state index contributed by atoms with van der Waals surface area (Å²) in [6, 6.07) is 11.4. The molecule has 0 saturated heterocycles. The summed E-state index contributed by atoms with van der Waals surface area (Å²) in [4.78, 5) is 4.17. The molecule has 0 spiro atoms. The zero-order valence-corrected chi connectivity index (χ0v) is 17.6. The van der Waals surface area contributed by atoms with Crippen molar-refractivity contribution in [2.45, 2.75) is 12.7 Å². The van der Waals surface area contributed by atoms with Crippen molar-refractivity contribution in [3.8, 4) is 17.2 Å². The summed E-state index contributed by atoms with van der Waals surface area (Å²) in [7, 11) is 3.06. The molecule has 0 bridgehead atoms. The molecule has 0 atom stereocenters. The second-order valence-corrected chi connectivity index (χ2v) is 5.45. The van der Waals surface area contributed by atoms with Gasteiger partial charge in [0, 0.05) is 11.8 Å². The van der Waals surface area contributed by atoms with Crippen LogP contribution in [-0.2, 0) is 6.54 Å². The van der Waals surface area contributed by atoms with Gasteiger partial charge in [0.05, 0.1) is 20.8 Å². The highest BCUT2D eigenvalue weighted by atomic mass is 127. The van der Waals surface area contributed by atoms with Crippen molar-refractivity contribution in [2.24, 2.45) is 10.7 Å². The minimum atomic E-state index is -4.39. The Morgan fingerprint density at radius 2 is 1.79 bits per heavy atom. The second-order valence-electron chi connectivity index (χ2n) is 5.45. The molecule has 0 aliphatic heterocycles. The number of guanidine groups is 1. The number of alkyl halides is 3. The number of hydrogen-bond acceptors (Lipinski definition) is 4. The number of ether oxygens (including phenoxy) is 3. The molecule has 0 aliphatic rings. The van der Waals surface area contributed by atoms with Gasteiger partial charge in [0.2, 0.25) is 0 Å². The molecule has 3 N–H and O–H groups in total. The zero-order chi connectivity index (χ0) is 19.9. The van der Waals surface area contributed by atoms with E-state index in [1.165, 1.54) is 26.4 Å². The lowest BCUT2D eigenvalue weighted by molar-refractivity contribution is -0.153. The normalized spacial score (nSPS) is 11.4. The fourth-order valence-corrected chi connectivity index (χ4v) is 2.18. The Hall–Kier alpha value is -2.37. The Labute approximate surface area is 177 Å². The lowest BCUT2D eigenvalue weighted by Gasteiger charge is -2.11. The van der Waals surface area contributed by atoms with E-state index in [4.69, 9.17) is 19.9 Å². The first kappa shape index (κ1) is 23.7. The summed E-state index contributed by atoms with van der Waals surface area (Å²) in [5, 5.41) is 2.91. The van der Waals surface area contributed by atoms with Gasteiger partial charge in [-0.2, -0.15) is 13.2 Å². The van der Waals surface area contributed by atoms with E-state index in [9.17, 15) is 13.2 Å². The molecule has 10 heteroatoms. The van der Waals surface area contributed by atoms with Crippen molar-refractivity contribution < 1.29 is 27.4 Å². The summed E-state index contributed by atoms with van der Waals surface area (Å²) < 4.78 is 51.7. The van der Waals surface area contributed by atoms with Crippen molar-refractivity contribution in [1.29, 1.82) is 0 Å². The van der Waals surface area contributed by atoms with Crippen LogP contribution in [-0.4, -0.2) is 33.0 Å². The number of halogens is 4. The van der Waals surface area contributed by atoms with Gasteiger partial charge in [-0.15, -0.1) is 24.0 Å². The average molecular weight is 511 g/mol. The van der Waals surface area contributed by atoms with Gasteiger partial charge in [0.15, 0.2) is 24.1 Å². The monoisotopic (exact) mass is 511 g/mol. The van der Waals surface area contributed by atoms with Crippen molar-refractivity contribution >= 4 is 35.6 Å². The molecular formula is C18H21F3IN3O3. The van der Waals surface area contributed by atoms with Crippen LogP contribution in [0.15, 0.2) is 47.5 Å². The van der Waals surface area contributed by atoms with E-state index in [0.717, 1.165) is 0 Å². The van der Waals surface area contributed by atoms with Gasteiger partial charge < -0.3 is 25.3 Å². The van der Waals surface area contributed by atoms with Gasteiger partial charge in [-0.1, -0.05) is 12.1 Å². The van der Waals surface area contributed by atoms with Crippen LogP contribution in [0.5, 0.6) is 17.2 Å². The Bertz CT molecular complexity index is 801. The molecule has 0 aliphatic carbocycles.